The number of thiazole rings is 1. The van der Waals surface area contributed by atoms with Gasteiger partial charge < -0.3 is 15.7 Å². The molecule has 3 aromatic rings. The lowest BCUT2D eigenvalue weighted by Crippen LogP contribution is -2.07. The summed E-state index contributed by atoms with van der Waals surface area (Å²) in [6.45, 7) is 0.494. The Morgan fingerprint density at radius 1 is 1.15 bits per heavy atom. The topological polar surface area (TPSA) is 95.8 Å². The van der Waals surface area contributed by atoms with Gasteiger partial charge in [-0.3, -0.25) is 0 Å². The van der Waals surface area contributed by atoms with Gasteiger partial charge >= 0.3 is 0 Å². The molecule has 0 aliphatic rings. The molecule has 0 radical (unpaired) electrons. The number of rotatable bonds is 5. The van der Waals surface area contributed by atoms with E-state index < -0.39 is 0 Å². The summed E-state index contributed by atoms with van der Waals surface area (Å²) >= 11 is 1.52. The summed E-state index contributed by atoms with van der Waals surface area (Å²) in [6.07, 6.45) is 3.16. The largest absolute Gasteiger partial charge is 0.395 e. The third-order valence-corrected chi connectivity index (χ3v) is 3.43. The maximum atomic E-state index is 8.79. The minimum absolute atomic E-state index is 0.0501. The van der Waals surface area contributed by atoms with Gasteiger partial charge in [-0.05, 0) is 6.07 Å². The zero-order valence-electron chi connectivity index (χ0n) is 10.4. The van der Waals surface area contributed by atoms with E-state index in [0.29, 0.717) is 18.2 Å². The van der Waals surface area contributed by atoms with Gasteiger partial charge in [0.1, 0.15) is 18.0 Å². The van der Waals surface area contributed by atoms with Crippen LogP contribution in [-0.2, 0) is 0 Å². The monoisotopic (exact) mass is 288 g/mol. The van der Waals surface area contributed by atoms with Crippen molar-refractivity contribution in [2.24, 2.45) is 0 Å². The predicted octanol–water partition coefficient (Wildman–Crippen LogP) is 1.63. The van der Waals surface area contributed by atoms with E-state index in [0.717, 1.165) is 16.0 Å². The van der Waals surface area contributed by atoms with Gasteiger partial charge in [0.15, 0.2) is 5.82 Å². The molecule has 0 aromatic carbocycles. The Hall–Kier alpha value is -2.32. The van der Waals surface area contributed by atoms with Gasteiger partial charge in [-0.15, -0.1) is 11.3 Å². The molecule has 3 aromatic heterocycles. The third kappa shape index (κ3) is 2.65. The van der Waals surface area contributed by atoms with Crippen LogP contribution in [0.15, 0.2) is 30.2 Å². The highest BCUT2D eigenvalue weighted by Crippen LogP contribution is 2.26. The molecule has 3 N–H and O–H groups in total. The fraction of sp³-hybridized carbons (Fsp3) is 0.167. The molecular weight excluding hydrogens is 276 g/mol. The van der Waals surface area contributed by atoms with Crippen molar-refractivity contribution >= 4 is 39.0 Å². The molecular formula is C12H12N6OS. The van der Waals surface area contributed by atoms with Crippen LogP contribution in [0.1, 0.15) is 0 Å². The Morgan fingerprint density at radius 3 is 2.95 bits per heavy atom. The Morgan fingerprint density at radius 2 is 2.05 bits per heavy atom. The number of anilines is 3. The second-order valence-electron chi connectivity index (χ2n) is 3.92. The van der Waals surface area contributed by atoms with E-state index in [4.69, 9.17) is 5.11 Å². The average Bonchev–Trinajstić information content (AvgIpc) is 2.95. The van der Waals surface area contributed by atoms with Crippen molar-refractivity contribution in [3.63, 3.8) is 0 Å². The number of hydrogen-bond donors (Lipinski definition) is 3. The first-order valence-electron chi connectivity index (χ1n) is 5.99. The lowest BCUT2D eigenvalue weighted by atomic mass is 10.4. The minimum Gasteiger partial charge on any atom is -0.395 e. The normalized spacial score (nSPS) is 10.7. The lowest BCUT2D eigenvalue weighted by Gasteiger charge is -2.07. The van der Waals surface area contributed by atoms with Crippen LogP contribution in [0.25, 0.3) is 10.2 Å². The first-order chi connectivity index (χ1) is 9.86. The van der Waals surface area contributed by atoms with Crippen LogP contribution in [-0.4, -0.2) is 38.2 Å². The smallest absolute Gasteiger partial charge is 0.151 e. The van der Waals surface area contributed by atoms with E-state index in [-0.39, 0.29) is 6.61 Å². The fourth-order valence-electron chi connectivity index (χ4n) is 1.71. The number of fused-ring (bicyclic) bond motifs is 1. The molecule has 0 aliphatic carbocycles. The molecule has 3 rings (SSSR count). The Balaban J connectivity index is 1.85. The molecule has 0 saturated heterocycles. The van der Waals surface area contributed by atoms with Crippen LogP contribution in [0, 0.1) is 0 Å². The molecule has 0 fully saturated rings. The summed E-state index contributed by atoms with van der Waals surface area (Å²) in [6, 6.07) is 3.63. The van der Waals surface area contributed by atoms with Gasteiger partial charge in [-0.25, -0.2) is 19.9 Å². The van der Waals surface area contributed by atoms with E-state index >= 15 is 0 Å². The average molecular weight is 288 g/mol. The van der Waals surface area contributed by atoms with Crippen molar-refractivity contribution < 1.29 is 5.11 Å². The Kier molecular flexibility index (Phi) is 3.66. The summed E-state index contributed by atoms with van der Waals surface area (Å²) < 4.78 is 0.982. The molecule has 0 atom stereocenters. The fourth-order valence-corrected chi connectivity index (χ4v) is 2.44. The Labute approximate surface area is 118 Å². The van der Waals surface area contributed by atoms with Gasteiger partial charge in [0.05, 0.1) is 22.3 Å². The molecule has 20 heavy (non-hydrogen) atoms. The number of aromatic nitrogens is 4. The highest BCUT2D eigenvalue weighted by molar-refractivity contribution is 7.17. The molecule has 0 spiro atoms. The van der Waals surface area contributed by atoms with Crippen LogP contribution in [0.5, 0.6) is 0 Å². The second-order valence-corrected chi connectivity index (χ2v) is 4.78. The highest BCUT2D eigenvalue weighted by Gasteiger charge is 2.06. The first-order valence-corrected chi connectivity index (χ1v) is 6.87. The van der Waals surface area contributed by atoms with E-state index in [2.05, 4.69) is 30.6 Å². The van der Waals surface area contributed by atoms with Crippen LogP contribution < -0.4 is 10.6 Å². The summed E-state index contributed by atoms with van der Waals surface area (Å²) in [5, 5.41) is 14.9. The number of aliphatic hydroxyl groups is 1. The maximum Gasteiger partial charge on any atom is 0.151 e. The van der Waals surface area contributed by atoms with E-state index in [1.807, 2.05) is 6.07 Å². The number of pyridine rings is 1. The summed E-state index contributed by atoms with van der Waals surface area (Å²) in [5.41, 5.74) is 2.69. The molecule has 0 saturated carbocycles. The van der Waals surface area contributed by atoms with Crippen molar-refractivity contribution in [3.05, 3.63) is 30.2 Å². The molecule has 0 aliphatic heterocycles. The first kappa shape index (κ1) is 12.7. The number of nitrogens with one attached hydrogen (secondary N) is 2. The van der Waals surface area contributed by atoms with E-state index in [1.54, 1.807) is 17.8 Å². The molecule has 0 bridgehead atoms. The summed E-state index contributed by atoms with van der Waals surface area (Å²) in [5.74, 6) is 2.00. The van der Waals surface area contributed by atoms with Gasteiger partial charge in [0.25, 0.3) is 0 Å². The molecule has 0 unspecified atom stereocenters. The molecule has 7 nitrogen and oxygen atoms in total. The third-order valence-electron chi connectivity index (χ3n) is 2.58. The van der Waals surface area contributed by atoms with Gasteiger partial charge in [-0.2, -0.15) is 0 Å². The quantitative estimate of drug-likeness (QED) is 0.656. The van der Waals surface area contributed by atoms with Crippen LogP contribution >= 0.6 is 11.3 Å². The van der Waals surface area contributed by atoms with Gasteiger partial charge in [0.2, 0.25) is 0 Å². The minimum atomic E-state index is 0.0501. The van der Waals surface area contributed by atoms with Crippen molar-refractivity contribution in [1.82, 2.24) is 19.9 Å². The van der Waals surface area contributed by atoms with Gasteiger partial charge in [0, 0.05) is 18.8 Å². The zero-order valence-corrected chi connectivity index (χ0v) is 11.3. The summed E-state index contributed by atoms with van der Waals surface area (Å²) in [7, 11) is 0. The van der Waals surface area contributed by atoms with E-state index in [1.165, 1.54) is 17.7 Å². The molecule has 3 heterocycles. The van der Waals surface area contributed by atoms with Gasteiger partial charge in [-0.1, -0.05) is 0 Å². The number of hydrogen-bond acceptors (Lipinski definition) is 8. The van der Waals surface area contributed by atoms with Crippen LogP contribution in [0.3, 0.4) is 0 Å². The molecule has 102 valence electrons. The van der Waals surface area contributed by atoms with Crippen molar-refractivity contribution in [1.29, 1.82) is 0 Å². The molecule has 8 heteroatoms. The van der Waals surface area contributed by atoms with Crippen molar-refractivity contribution in [3.8, 4) is 0 Å². The number of nitrogens with zero attached hydrogens (tertiary/aromatic N) is 4. The van der Waals surface area contributed by atoms with Crippen LogP contribution in [0.4, 0.5) is 17.5 Å². The lowest BCUT2D eigenvalue weighted by molar-refractivity contribution is 0.311. The highest BCUT2D eigenvalue weighted by atomic mass is 32.1. The van der Waals surface area contributed by atoms with Crippen molar-refractivity contribution in [2.75, 3.05) is 23.8 Å². The zero-order chi connectivity index (χ0) is 13.8. The standard InChI is InChI=1S/C12H12N6OS/c19-4-3-13-9-5-10(16-6-15-9)18-12-11-8(1-2-14-12)17-7-20-11/h1-2,5-7,19H,3-4H2,(H2,13,14,15,16,18). The SMILES string of the molecule is OCCNc1cc(Nc2nccc3ncsc23)ncn1. The van der Waals surface area contributed by atoms with Crippen LogP contribution in [0.2, 0.25) is 0 Å². The number of aliphatic hydroxyl groups excluding tert-OH is 1. The van der Waals surface area contributed by atoms with E-state index in [9.17, 15) is 0 Å². The summed E-state index contributed by atoms with van der Waals surface area (Å²) in [4.78, 5) is 16.8. The van der Waals surface area contributed by atoms with Crippen molar-refractivity contribution in [2.45, 2.75) is 0 Å². The molecule has 0 amide bonds. The maximum absolute atomic E-state index is 8.79. The predicted molar refractivity (Wildman–Crippen MR) is 78.3 cm³/mol. The second kappa shape index (κ2) is 5.76. The Bertz CT molecular complexity index is 716.